The minimum absolute atomic E-state index is 0.0700. The van der Waals surface area contributed by atoms with Crippen molar-refractivity contribution in [2.24, 2.45) is 0 Å². The van der Waals surface area contributed by atoms with Crippen LogP contribution in [-0.4, -0.2) is 0 Å². The molecule has 0 saturated heterocycles. The highest BCUT2D eigenvalue weighted by atomic mass is 14.9. The van der Waals surface area contributed by atoms with Crippen LogP contribution in [0.15, 0.2) is 86.0 Å². The number of aryl methyl sites for hydroxylation is 1. The molecule has 0 fully saturated rings. The van der Waals surface area contributed by atoms with E-state index in [1.807, 2.05) is 24.3 Å². The van der Waals surface area contributed by atoms with Crippen LogP contribution in [-0.2, 0) is 0 Å². The third kappa shape index (κ3) is 3.72. The number of rotatable bonds is 6. The smallest absolute Gasteiger partial charge is 0.0767 e. The Hall–Kier alpha value is -3.06. The molecule has 0 amide bonds. The maximum Gasteiger partial charge on any atom is 0.0767 e. The first-order chi connectivity index (χ1) is 12.2. The summed E-state index contributed by atoms with van der Waals surface area (Å²) in [5.41, 5.74) is 6.93. The molecule has 1 nitrogen and oxygen atoms in total. The molecule has 1 unspecified atom stereocenters. The highest BCUT2D eigenvalue weighted by Gasteiger charge is 2.15. The topological polar surface area (TPSA) is 12.0 Å². The third-order valence-electron chi connectivity index (χ3n) is 4.41. The molecule has 0 spiro atoms. The SMILES string of the molecule is C=Cc1cccc(NC(c2ccccc2)c2ccc(C)cc2)c1C=C. The predicted octanol–water partition coefficient (Wildman–Crippen LogP) is 6.48. The summed E-state index contributed by atoms with van der Waals surface area (Å²) < 4.78 is 0. The van der Waals surface area contributed by atoms with Gasteiger partial charge >= 0.3 is 0 Å². The van der Waals surface area contributed by atoms with Crippen molar-refractivity contribution in [2.75, 3.05) is 5.32 Å². The van der Waals surface area contributed by atoms with Gasteiger partial charge in [-0.1, -0.05) is 97.6 Å². The van der Waals surface area contributed by atoms with Crippen LogP contribution >= 0.6 is 0 Å². The fourth-order valence-corrected chi connectivity index (χ4v) is 3.03. The van der Waals surface area contributed by atoms with E-state index >= 15 is 0 Å². The van der Waals surface area contributed by atoms with Gasteiger partial charge in [0, 0.05) is 11.3 Å². The van der Waals surface area contributed by atoms with Crippen molar-refractivity contribution >= 4 is 17.8 Å². The Labute approximate surface area is 150 Å². The van der Waals surface area contributed by atoms with Gasteiger partial charge in [-0.2, -0.15) is 0 Å². The summed E-state index contributed by atoms with van der Waals surface area (Å²) in [6.45, 7) is 10.00. The zero-order valence-electron chi connectivity index (χ0n) is 14.6. The summed E-state index contributed by atoms with van der Waals surface area (Å²) in [5.74, 6) is 0. The van der Waals surface area contributed by atoms with Gasteiger partial charge in [0.05, 0.1) is 6.04 Å². The van der Waals surface area contributed by atoms with E-state index in [-0.39, 0.29) is 6.04 Å². The van der Waals surface area contributed by atoms with Crippen LogP contribution in [0.5, 0.6) is 0 Å². The lowest BCUT2D eigenvalue weighted by Crippen LogP contribution is -2.13. The molecule has 0 heterocycles. The van der Waals surface area contributed by atoms with Gasteiger partial charge in [0.15, 0.2) is 0 Å². The number of hydrogen-bond donors (Lipinski definition) is 1. The zero-order chi connectivity index (χ0) is 17.6. The molecule has 0 radical (unpaired) electrons. The molecular formula is C24H23N. The van der Waals surface area contributed by atoms with Gasteiger partial charge < -0.3 is 5.32 Å². The Morgan fingerprint density at radius 1 is 0.760 bits per heavy atom. The summed E-state index contributed by atoms with van der Waals surface area (Å²) in [4.78, 5) is 0. The minimum Gasteiger partial charge on any atom is -0.374 e. The quantitative estimate of drug-likeness (QED) is 0.546. The van der Waals surface area contributed by atoms with Gasteiger partial charge in [-0.05, 0) is 29.7 Å². The minimum atomic E-state index is 0.0700. The number of nitrogens with one attached hydrogen (secondary N) is 1. The highest BCUT2D eigenvalue weighted by Crippen LogP contribution is 2.30. The Bertz CT molecular complexity index is 860. The van der Waals surface area contributed by atoms with Gasteiger partial charge in [-0.3, -0.25) is 0 Å². The van der Waals surface area contributed by atoms with Crippen molar-refractivity contribution < 1.29 is 0 Å². The second-order valence-corrected chi connectivity index (χ2v) is 6.12. The van der Waals surface area contributed by atoms with Gasteiger partial charge in [-0.25, -0.2) is 0 Å². The molecule has 0 aliphatic heterocycles. The van der Waals surface area contributed by atoms with Gasteiger partial charge in [-0.15, -0.1) is 0 Å². The normalized spacial score (nSPS) is 11.6. The molecular weight excluding hydrogens is 302 g/mol. The van der Waals surface area contributed by atoms with E-state index < -0.39 is 0 Å². The maximum absolute atomic E-state index is 3.98. The standard InChI is InChI=1S/C24H23N/c1-4-19-12-9-13-23(22(19)5-2)25-24(20-10-7-6-8-11-20)21-16-14-18(3)15-17-21/h4-17,24-25H,1-2H2,3H3. The highest BCUT2D eigenvalue weighted by molar-refractivity contribution is 5.75. The average molecular weight is 325 g/mol. The summed E-state index contributed by atoms with van der Waals surface area (Å²) in [7, 11) is 0. The number of anilines is 1. The van der Waals surface area contributed by atoms with Crippen LogP contribution in [0.25, 0.3) is 12.2 Å². The van der Waals surface area contributed by atoms with Crippen molar-refractivity contribution in [3.63, 3.8) is 0 Å². The van der Waals surface area contributed by atoms with E-state index in [0.717, 1.165) is 16.8 Å². The maximum atomic E-state index is 3.98. The Balaban J connectivity index is 2.06. The largest absolute Gasteiger partial charge is 0.374 e. The first-order valence-corrected chi connectivity index (χ1v) is 8.49. The molecule has 3 rings (SSSR count). The van der Waals surface area contributed by atoms with Crippen LogP contribution < -0.4 is 5.32 Å². The van der Waals surface area contributed by atoms with Gasteiger partial charge in [0.2, 0.25) is 0 Å². The molecule has 0 saturated carbocycles. The van der Waals surface area contributed by atoms with E-state index in [0.29, 0.717) is 0 Å². The van der Waals surface area contributed by atoms with Crippen LogP contribution in [0.3, 0.4) is 0 Å². The molecule has 3 aromatic rings. The first kappa shape index (κ1) is 16.8. The number of hydrogen-bond acceptors (Lipinski definition) is 1. The van der Waals surface area contributed by atoms with Crippen molar-refractivity contribution in [3.8, 4) is 0 Å². The second-order valence-electron chi connectivity index (χ2n) is 6.12. The molecule has 3 aromatic carbocycles. The van der Waals surface area contributed by atoms with Crippen molar-refractivity contribution in [1.29, 1.82) is 0 Å². The second kappa shape index (κ2) is 7.67. The monoisotopic (exact) mass is 325 g/mol. The molecule has 25 heavy (non-hydrogen) atoms. The van der Waals surface area contributed by atoms with Crippen LogP contribution in [0.2, 0.25) is 0 Å². The summed E-state index contributed by atoms with van der Waals surface area (Å²) in [6, 6.07) is 25.4. The van der Waals surface area contributed by atoms with E-state index in [9.17, 15) is 0 Å². The first-order valence-electron chi connectivity index (χ1n) is 8.49. The fraction of sp³-hybridized carbons (Fsp3) is 0.0833. The van der Waals surface area contributed by atoms with Crippen LogP contribution in [0.1, 0.15) is 33.9 Å². The van der Waals surface area contributed by atoms with E-state index in [1.54, 1.807) is 0 Å². The van der Waals surface area contributed by atoms with Crippen molar-refractivity contribution in [3.05, 3.63) is 114 Å². The molecule has 124 valence electrons. The molecule has 0 aromatic heterocycles. The Kier molecular flexibility index (Phi) is 5.15. The Morgan fingerprint density at radius 2 is 1.44 bits per heavy atom. The third-order valence-corrected chi connectivity index (χ3v) is 4.41. The number of benzene rings is 3. The van der Waals surface area contributed by atoms with Crippen molar-refractivity contribution in [1.82, 2.24) is 0 Å². The molecule has 1 N–H and O–H groups in total. The lowest BCUT2D eigenvalue weighted by atomic mass is 9.96. The van der Waals surface area contributed by atoms with Crippen molar-refractivity contribution in [2.45, 2.75) is 13.0 Å². The van der Waals surface area contributed by atoms with E-state index in [2.05, 4.69) is 86.1 Å². The van der Waals surface area contributed by atoms with Crippen LogP contribution in [0, 0.1) is 6.92 Å². The molecule has 1 atom stereocenters. The summed E-state index contributed by atoms with van der Waals surface area (Å²) in [5, 5.41) is 3.71. The lowest BCUT2D eigenvalue weighted by Gasteiger charge is -2.23. The summed E-state index contributed by atoms with van der Waals surface area (Å²) in [6.07, 6.45) is 3.75. The van der Waals surface area contributed by atoms with E-state index in [4.69, 9.17) is 0 Å². The van der Waals surface area contributed by atoms with Gasteiger partial charge in [0.25, 0.3) is 0 Å². The van der Waals surface area contributed by atoms with Gasteiger partial charge in [0.1, 0.15) is 0 Å². The molecule has 1 heteroatoms. The molecule has 0 aliphatic rings. The van der Waals surface area contributed by atoms with E-state index in [1.165, 1.54) is 16.7 Å². The summed E-state index contributed by atoms with van der Waals surface area (Å²) >= 11 is 0. The average Bonchev–Trinajstić information content (AvgIpc) is 2.67. The zero-order valence-corrected chi connectivity index (χ0v) is 14.6. The Morgan fingerprint density at radius 3 is 2.08 bits per heavy atom. The lowest BCUT2D eigenvalue weighted by molar-refractivity contribution is 0.937. The predicted molar refractivity (Wildman–Crippen MR) is 110 cm³/mol. The fourth-order valence-electron chi connectivity index (χ4n) is 3.03. The molecule has 0 aliphatic carbocycles. The molecule has 0 bridgehead atoms. The van der Waals surface area contributed by atoms with Crippen LogP contribution in [0.4, 0.5) is 5.69 Å².